The molecule has 1 fully saturated rings. The fraction of sp³-hybridized carbons (Fsp3) is 0.467. The molecule has 1 aliphatic rings. The largest absolute Gasteiger partial charge is 0.480 e. The molecule has 1 aromatic rings. The maximum absolute atomic E-state index is 12.4. The molecular weight excluding hydrogens is 292 g/mol. The maximum atomic E-state index is 12.4. The molecule has 0 aliphatic carbocycles. The van der Waals surface area contributed by atoms with Crippen LogP contribution in [0.3, 0.4) is 0 Å². The number of carboxylic acids is 1. The smallest absolute Gasteiger partial charge is 0.326 e. The molecule has 5 nitrogen and oxygen atoms in total. The molecule has 0 radical (unpaired) electrons. The lowest BCUT2D eigenvalue weighted by molar-refractivity contribution is -0.152. The Balaban J connectivity index is 2.03. The number of aliphatic carboxylic acids is 1. The summed E-state index contributed by atoms with van der Waals surface area (Å²) in [5.41, 5.74) is 6.87. The Bertz CT molecular complexity index is 518. The third kappa shape index (κ3) is 3.95. The third-order valence-corrected chi connectivity index (χ3v) is 4.01. The van der Waals surface area contributed by atoms with Crippen LogP contribution in [0.2, 0.25) is 5.02 Å². The second kappa shape index (κ2) is 6.91. The fourth-order valence-electron chi connectivity index (χ4n) is 2.63. The number of piperidine rings is 1. The Kier molecular flexibility index (Phi) is 5.20. The van der Waals surface area contributed by atoms with Crippen molar-refractivity contribution in [1.29, 1.82) is 0 Å². The highest BCUT2D eigenvalue weighted by molar-refractivity contribution is 6.30. The molecule has 1 heterocycles. The van der Waals surface area contributed by atoms with E-state index in [1.807, 2.05) is 12.1 Å². The van der Waals surface area contributed by atoms with E-state index >= 15 is 0 Å². The molecule has 1 aromatic carbocycles. The number of halogens is 1. The van der Waals surface area contributed by atoms with Gasteiger partial charge in [-0.2, -0.15) is 0 Å². The molecular formula is C15H19ClN2O3. The minimum atomic E-state index is -0.957. The molecule has 2 rings (SSSR count). The predicted octanol–water partition coefficient (Wildman–Crippen LogP) is 1.68. The first-order valence-electron chi connectivity index (χ1n) is 7.02. The van der Waals surface area contributed by atoms with Crippen molar-refractivity contribution in [2.45, 2.75) is 37.8 Å². The van der Waals surface area contributed by atoms with Gasteiger partial charge in [0.25, 0.3) is 0 Å². The number of carboxylic acid groups (broad SMARTS) is 1. The van der Waals surface area contributed by atoms with E-state index in [0.29, 0.717) is 24.4 Å². The second-order valence-electron chi connectivity index (χ2n) is 5.32. The average Bonchev–Trinajstić information content (AvgIpc) is 2.48. The normalized spacial score (nSPS) is 20.1. The van der Waals surface area contributed by atoms with E-state index in [4.69, 9.17) is 17.3 Å². The topological polar surface area (TPSA) is 83.6 Å². The summed E-state index contributed by atoms with van der Waals surface area (Å²) < 4.78 is 0. The SMILES string of the molecule is NC(Cc1ccc(Cl)cc1)C(=O)N1CCCCC1C(=O)O. The highest BCUT2D eigenvalue weighted by atomic mass is 35.5. The van der Waals surface area contributed by atoms with Crippen molar-refractivity contribution < 1.29 is 14.7 Å². The van der Waals surface area contributed by atoms with E-state index in [0.717, 1.165) is 18.4 Å². The van der Waals surface area contributed by atoms with Gasteiger partial charge < -0.3 is 15.7 Å². The van der Waals surface area contributed by atoms with Crippen molar-refractivity contribution in [3.05, 3.63) is 34.9 Å². The zero-order chi connectivity index (χ0) is 15.4. The number of carbonyl (C=O) groups is 2. The standard InChI is InChI=1S/C15H19ClN2O3/c16-11-6-4-10(5-7-11)9-12(17)14(19)18-8-2-1-3-13(18)15(20)21/h4-7,12-13H,1-3,8-9,17H2,(H,20,21). The first-order chi connectivity index (χ1) is 9.99. The van der Waals surface area contributed by atoms with Gasteiger partial charge in [-0.3, -0.25) is 4.79 Å². The summed E-state index contributed by atoms with van der Waals surface area (Å²) in [6.07, 6.45) is 2.52. The lowest BCUT2D eigenvalue weighted by atomic mass is 9.99. The van der Waals surface area contributed by atoms with Crippen LogP contribution in [0.5, 0.6) is 0 Å². The Labute approximate surface area is 128 Å². The number of rotatable bonds is 4. The fourth-order valence-corrected chi connectivity index (χ4v) is 2.75. The van der Waals surface area contributed by atoms with E-state index in [-0.39, 0.29) is 5.91 Å². The molecule has 2 atom stereocenters. The molecule has 21 heavy (non-hydrogen) atoms. The molecule has 0 spiro atoms. The highest BCUT2D eigenvalue weighted by Gasteiger charge is 2.34. The van der Waals surface area contributed by atoms with Crippen LogP contribution in [0.4, 0.5) is 0 Å². The molecule has 0 saturated carbocycles. The van der Waals surface area contributed by atoms with Gasteiger partial charge >= 0.3 is 5.97 Å². The van der Waals surface area contributed by atoms with Gasteiger partial charge in [0.2, 0.25) is 5.91 Å². The zero-order valence-corrected chi connectivity index (χ0v) is 12.4. The molecule has 0 bridgehead atoms. The predicted molar refractivity (Wildman–Crippen MR) is 80.1 cm³/mol. The van der Waals surface area contributed by atoms with Gasteiger partial charge in [-0.05, 0) is 43.4 Å². The van der Waals surface area contributed by atoms with Crippen molar-refractivity contribution in [3.8, 4) is 0 Å². The lowest BCUT2D eigenvalue weighted by Crippen LogP contribution is -2.54. The van der Waals surface area contributed by atoms with E-state index in [9.17, 15) is 14.7 Å². The number of carbonyl (C=O) groups excluding carboxylic acids is 1. The summed E-state index contributed by atoms with van der Waals surface area (Å²) in [5, 5.41) is 9.84. The number of amides is 1. The highest BCUT2D eigenvalue weighted by Crippen LogP contribution is 2.19. The summed E-state index contributed by atoms with van der Waals surface area (Å²) in [6, 6.07) is 5.65. The quantitative estimate of drug-likeness (QED) is 0.886. The number of likely N-dealkylation sites (tertiary alicyclic amines) is 1. The minimum absolute atomic E-state index is 0.294. The van der Waals surface area contributed by atoms with Crippen LogP contribution in [0, 0.1) is 0 Å². The third-order valence-electron chi connectivity index (χ3n) is 3.76. The van der Waals surface area contributed by atoms with Crippen LogP contribution < -0.4 is 5.73 Å². The van der Waals surface area contributed by atoms with Gasteiger partial charge in [-0.1, -0.05) is 23.7 Å². The number of hydrogen-bond acceptors (Lipinski definition) is 3. The summed E-state index contributed by atoms with van der Waals surface area (Å²) >= 11 is 5.81. The number of nitrogens with zero attached hydrogens (tertiary/aromatic N) is 1. The molecule has 2 unspecified atom stereocenters. The van der Waals surface area contributed by atoms with E-state index in [2.05, 4.69) is 0 Å². The molecule has 6 heteroatoms. The van der Waals surface area contributed by atoms with Crippen molar-refractivity contribution in [3.63, 3.8) is 0 Å². The Morgan fingerprint density at radius 1 is 1.33 bits per heavy atom. The molecule has 114 valence electrons. The van der Waals surface area contributed by atoms with Crippen LogP contribution in [0.25, 0.3) is 0 Å². The van der Waals surface area contributed by atoms with Gasteiger partial charge in [0.1, 0.15) is 6.04 Å². The van der Waals surface area contributed by atoms with Crippen molar-refractivity contribution in [2.75, 3.05) is 6.54 Å². The van der Waals surface area contributed by atoms with Gasteiger partial charge in [0, 0.05) is 11.6 Å². The molecule has 3 N–H and O–H groups in total. The van der Waals surface area contributed by atoms with E-state index < -0.39 is 18.1 Å². The van der Waals surface area contributed by atoms with Crippen molar-refractivity contribution in [1.82, 2.24) is 4.90 Å². The van der Waals surface area contributed by atoms with Crippen LogP contribution in [-0.2, 0) is 16.0 Å². The molecule has 0 aromatic heterocycles. The molecule has 1 amide bonds. The van der Waals surface area contributed by atoms with Crippen LogP contribution >= 0.6 is 11.6 Å². The van der Waals surface area contributed by atoms with E-state index in [1.165, 1.54) is 4.90 Å². The second-order valence-corrected chi connectivity index (χ2v) is 5.75. The van der Waals surface area contributed by atoms with Crippen LogP contribution in [0.15, 0.2) is 24.3 Å². The number of benzene rings is 1. The van der Waals surface area contributed by atoms with Crippen molar-refractivity contribution >= 4 is 23.5 Å². The number of hydrogen-bond donors (Lipinski definition) is 2. The molecule has 1 aliphatic heterocycles. The average molecular weight is 311 g/mol. The lowest BCUT2D eigenvalue weighted by Gasteiger charge is -2.34. The number of nitrogens with two attached hydrogens (primary N) is 1. The summed E-state index contributed by atoms with van der Waals surface area (Å²) in [4.78, 5) is 25.0. The van der Waals surface area contributed by atoms with Gasteiger partial charge in [-0.15, -0.1) is 0 Å². The monoisotopic (exact) mass is 310 g/mol. The van der Waals surface area contributed by atoms with Crippen LogP contribution in [-0.4, -0.2) is 40.5 Å². The van der Waals surface area contributed by atoms with Gasteiger partial charge in [0.05, 0.1) is 6.04 Å². The summed E-state index contributed by atoms with van der Waals surface area (Å²) in [7, 11) is 0. The van der Waals surface area contributed by atoms with Gasteiger partial charge in [-0.25, -0.2) is 4.79 Å². The first kappa shape index (κ1) is 15.8. The zero-order valence-electron chi connectivity index (χ0n) is 11.7. The van der Waals surface area contributed by atoms with Crippen molar-refractivity contribution in [2.24, 2.45) is 5.73 Å². The Morgan fingerprint density at radius 2 is 2.00 bits per heavy atom. The summed E-state index contributed by atoms with van der Waals surface area (Å²) in [5.74, 6) is -1.25. The van der Waals surface area contributed by atoms with Crippen LogP contribution in [0.1, 0.15) is 24.8 Å². The van der Waals surface area contributed by atoms with Gasteiger partial charge in [0.15, 0.2) is 0 Å². The van der Waals surface area contributed by atoms with E-state index in [1.54, 1.807) is 12.1 Å². The Morgan fingerprint density at radius 3 is 2.62 bits per heavy atom. The first-order valence-corrected chi connectivity index (χ1v) is 7.40. The summed E-state index contributed by atoms with van der Waals surface area (Å²) in [6.45, 7) is 0.462. The maximum Gasteiger partial charge on any atom is 0.326 e. The molecule has 1 saturated heterocycles. The minimum Gasteiger partial charge on any atom is -0.480 e. The Hall–Kier alpha value is -1.59.